The topological polar surface area (TPSA) is 84.7 Å². The van der Waals surface area contributed by atoms with E-state index in [1.807, 2.05) is 0 Å². The van der Waals surface area contributed by atoms with Crippen LogP contribution in [0.15, 0.2) is 36.9 Å². The van der Waals surface area contributed by atoms with Crippen molar-refractivity contribution in [2.45, 2.75) is 18.7 Å². The average Bonchev–Trinajstić information content (AvgIpc) is 3.10. The molecule has 3 rings (SSSR count). The highest BCUT2D eigenvalue weighted by Gasteiger charge is 2.46. The maximum Gasteiger partial charge on any atom is 0.420 e. The second-order valence-electron chi connectivity index (χ2n) is 4.95. The number of carboxylic acid groups (broad SMARTS) is 1. The summed E-state index contributed by atoms with van der Waals surface area (Å²) in [6.07, 6.45) is 1.12. The summed E-state index contributed by atoms with van der Waals surface area (Å²) < 4.78 is 33.3. The number of cyclic esters (lactones) is 1. The highest BCUT2D eigenvalue weighted by molar-refractivity contribution is 5.89. The molecule has 0 bridgehead atoms. The molecule has 1 fully saturated rings. The standard InChI is InChI=1S/C14H11F2N3O4/c15-9-2-1-8(5-10(9)16)12-11(6-18-4-3-17-7-18)23-14(22)19(12)13(20)21/h1-5,7,11-12H,6H2,(H,20,21)/t11-,12+/m1/s1. The van der Waals surface area contributed by atoms with Crippen LogP contribution >= 0.6 is 0 Å². The minimum atomic E-state index is -1.53. The van der Waals surface area contributed by atoms with Crippen LogP contribution in [0.3, 0.4) is 0 Å². The van der Waals surface area contributed by atoms with Crippen molar-refractivity contribution in [2.24, 2.45) is 0 Å². The number of rotatable bonds is 3. The van der Waals surface area contributed by atoms with Crippen molar-refractivity contribution in [2.75, 3.05) is 0 Å². The molecule has 2 heterocycles. The number of ether oxygens (including phenoxy) is 1. The van der Waals surface area contributed by atoms with E-state index in [4.69, 9.17) is 4.74 Å². The summed E-state index contributed by atoms with van der Waals surface area (Å²) in [6, 6.07) is 1.88. The molecule has 2 atom stereocenters. The van der Waals surface area contributed by atoms with Crippen molar-refractivity contribution in [3.05, 3.63) is 54.1 Å². The van der Waals surface area contributed by atoms with Crippen molar-refractivity contribution < 1.29 is 28.2 Å². The fourth-order valence-corrected chi connectivity index (χ4v) is 2.53. The van der Waals surface area contributed by atoms with Gasteiger partial charge in [-0.25, -0.2) is 28.3 Å². The summed E-state index contributed by atoms with van der Waals surface area (Å²) in [4.78, 5) is 27.5. The van der Waals surface area contributed by atoms with Gasteiger partial charge in [0.1, 0.15) is 12.1 Å². The van der Waals surface area contributed by atoms with Gasteiger partial charge in [-0.1, -0.05) is 6.07 Å². The molecule has 0 unspecified atom stereocenters. The fraction of sp³-hybridized carbons (Fsp3) is 0.214. The van der Waals surface area contributed by atoms with Gasteiger partial charge in [-0.3, -0.25) is 0 Å². The van der Waals surface area contributed by atoms with E-state index in [2.05, 4.69) is 4.98 Å². The lowest BCUT2D eigenvalue weighted by Crippen LogP contribution is -2.35. The molecule has 0 spiro atoms. The maximum absolute atomic E-state index is 13.5. The van der Waals surface area contributed by atoms with Crippen LogP contribution < -0.4 is 0 Å². The molecule has 1 aliphatic rings. The quantitative estimate of drug-likeness (QED) is 0.937. The second kappa shape index (κ2) is 5.67. The summed E-state index contributed by atoms with van der Waals surface area (Å²) in [5.41, 5.74) is 0.127. The van der Waals surface area contributed by atoms with Gasteiger partial charge in [0, 0.05) is 12.4 Å². The molecule has 1 aromatic carbocycles. The van der Waals surface area contributed by atoms with Crippen LogP contribution in [-0.4, -0.2) is 37.8 Å². The third kappa shape index (κ3) is 2.72. The molecule has 1 aliphatic heterocycles. The third-order valence-corrected chi connectivity index (χ3v) is 3.52. The molecule has 1 N–H and O–H groups in total. The number of nitrogens with zero attached hydrogens (tertiary/aromatic N) is 3. The van der Waals surface area contributed by atoms with E-state index in [1.165, 1.54) is 18.6 Å². The van der Waals surface area contributed by atoms with E-state index in [0.29, 0.717) is 4.90 Å². The van der Waals surface area contributed by atoms with E-state index >= 15 is 0 Å². The number of imidazole rings is 1. The molecule has 2 amide bonds. The lowest BCUT2D eigenvalue weighted by atomic mass is 10.0. The lowest BCUT2D eigenvalue weighted by Gasteiger charge is -2.22. The van der Waals surface area contributed by atoms with Crippen LogP contribution in [0.5, 0.6) is 0 Å². The minimum absolute atomic E-state index is 0.124. The van der Waals surface area contributed by atoms with Crippen LogP contribution in [0.25, 0.3) is 0 Å². The monoisotopic (exact) mass is 323 g/mol. The number of hydrogen-bond acceptors (Lipinski definition) is 4. The Morgan fingerprint density at radius 3 is 2.74 bits per heavy atom. The number of halogens is 2. The molecule has 0 aliphatic carbocycles. The van der Waals surface area contributed by atoms with Gasteiger partial charge in [-0.05, 0) is 17.7 Å². The zero-order chi connectivity index (χ0) is 16.6. The molecule has 120 valence electrons. The third-order valence-electron chi connectivity index (χ3n) is 3.52. The number of carbonyl (C=O) groups is 2. The van der Waals surface area contributed by atoms with Gasteiger partial charge in [-0.15, -0.1) is 0 Å². The van der Waals surface area contributed by atoms with E-state index in [1.54, 1.807) is 10.8 Å². The van der Waals surface area contributed by atoms with Crippen molar-refractivity contribution in [3.63, 3.8) is 0 Å². The summed E-state index contributed by atoms with van der Waals surface area (Å²) >= 11 is 0. The molecule has 7 nitrogen and oxygen atoms in total. The first kappa shape index (κ1) is 14.9. The van der Waals surface area contributed by atoms with Crippen LogP contribution in [-0.2, 0) is 11.3 Å². The molecule has 2 aromatic rings. The van der Waals surface area contributed by atoms with Crippen molar-refractivity contribution in [3.8, 4) is 0 Å². The number of benzene rings is 1. The Morgan fingerprint density at radius 1 is 1.35 bits per heavy atom. The predicted octanol–water partition coefficient (Wildman–Crippen LogP) is 2.40. The number of aromatic nitrogens is 2. The first-order chi connectivity index (χ1) is 11.0. The Labute approximate surface area is 128 Å². The average molecular weight is 323 g/mol. The number of amides is 2. The zero-order valence-electron chi connectivity index (χ0n) is 11.6. The van der Waals surface area contributed by atoms with Gasteiger partial charge < -0.3 is 14.4 Å². The molecule has 9 heteroatoms. The van der Waals surface area contributed by atoms with Crippen LogP contribution in [0.4, 0.5) is 18.4 Å². The van der Waals surface area contributed by atoms with Crippen molar-refractivity contribution in [1.82, 2.24) is 14.5 Å². The normalized spacial score (nSPS) is 20.6. The highest BCUT2D eigenvalue weighted by Crippen LogP contribution is 2.35. The Morgan fingerprint density at radius 2 is 2.13 bits per heavy atom. The van der Waals surface area contributed by atoms with Gasteiger partial charge in [0.15, 0.2) is 11.6 Å². The Bertz CT molecular complexity index is 750. The predicted molar refractivity (Wildman–Crippen MR) is 71.5 cm³/mol. The van der Waals surface area contributed by atoms with Crippen LogP contribution in [0.1, 0.15) is 11.6 Å². The molecule has 23 heavy (non-hydrogen) atoms. The molecule has 0 radical (unpaired) electrons. The Hall–Kier alpha value is -2.97. The number of carbonyl (C=O) groups excluding carboxylic acids is 1. The highest BCUT2D eigenvalue weighted by atomic mass is 19.2. The molecule has 1 saturated heterocycles. The Kier molecular flexibility index (Phi) is 3.68. The minimum Gasteiger partial charge on any atom is -0.465 e. The smallest absolute Gasteiger partial charge is 0.420 e. The first-order valence-electron chi connectivity index (χ1n) is 6.61. The van der Waals surface area contributed by atoms with Gasteiger partial charge in [0.25, 0.3) is 0 Å². The van der Waals surface area contributed by atoms with Gasteiger partial charge in [0.2, 0.25) is 0 Å². The van der Waals surface area contributed by atoms with Crippen LogP contribution in [0.2, 0.25) is 0 Å². The molecular weight excluding hydrogens is 312 g/mol. The number of hydrogen-bond donors (Lipinski definition) is 1. The van der Waals surface area contributed by atoms with E-state index in [0.717, 1.165) is 12.1 Å². The van der Waals surface area contributed by atoms with Crippen LogP contribution in [0, 0.1) is 11.6 Å². The molecule has 0 saturated carbocycles. The fourth-order valence-electron chi connectivity index (χ4n) is 2.53. The largest absolute Gasteiger partial charge is 0.465 e. The summed E-state index contributed by atoms with van der Waals surface area (Å²) in [5, 5.41) is 9.22. The van der Waals surface area contributed by atoms with E-state index in [9.17, 15) is 23.5 Å². The lowest BCUT2D eigenvalue weighted by molar-refractivity contribution is 0.119. The maximum atomic E-state index is 13.5. The SMILES string of the molecule is O=C(O)N1C(=O)O[C@H](Cn2ccnc2)[C@@H]1c1ccc(F)c(F)c1. The second-order valence-corrected chi connectivity index (χ2v) is 4.95. The van der Waals surface area contributed by atoms with E-state index in [-0.39, 0.29) is 12.1 Å². The summed E-state index contributed by atoms with van der Waals surface area (Å²) in [6.45, 7) is 0.124. The van der Waals surface area contributed by atoms with Gasteiger partial charge in [0.05, 0.1) is 12.9 Å². The number of imide groups is 1. The molecular formula is C14H11F2N3O4. The zero-order valence-corrected chi connectivity index (χ0v) is 11.6. The Balaban J connectivity index is 1.99. The summed E-state index contributed by atoms with van der Waals surface area (Å²) in [7, 11) is 0. The van der Waals surface area contributed by atoms with Crippen molar-refractivity contribution >= 4 is 12.2 Å². The van der Waals surface area contributed by atoms with E-state index < -0.39 is 36.0 Å². The van der Waals surface area contributed by atoms with Gasteiger partial charge in [-0.2, -0.15) is 0 Å². The van der Waals surface area contributed by atoms with Crippen molar-refractivity contribution in [1.29, 1.82) is 0 Å². The summed E-state index contributed by atoms with van der Waals surface area (Å²) in [5.74, 6) is -2.19. The molecule has 1 aromatic heterocycles. The first-order valence-corrected chi connectivity index (χ1v) is 6.61. The van der Waals surface area contributed by atoms with Gasteiger partial charge >= 0.3 is 12.2 Å².